The van der Waals surface area contributed by atoms with Gasteiger partial charge in [-0.15, -0.1) is 13.2 Å². The third kappa shape index (κ3) is 3.24. The van der Waals surface area contributed by atoms with Crippen molar-refractivity contribution in [3.63, 3.8) is 0 Å². The van der Waals surface area contributed by atoms with Crippen LogP contribution in [0.2, 0.25) is 0 Å². The van der Waals surface area contributed by atoms with Crippen LogP contribution in [0.15, 0.2) is 36.4 Å². The molecule has 1 aromatic carbocycles. The van der Waals surface area contributed by atoms with Crippen LogP contribution in [-0.2, 0) is 9.59 Å². The van der Waals surface area contributed by atoms with Crippen LogP contribution < -0.4 is 10.2 Å². The maximum absolute atomic E-state index is 11.9. The van der Waals surface area contributed by atoms with Crippen molar-refractivity contribution in [1.82, 2.24) is 5.01 Å². The van der Waals surface area contributed by atoms with Gasteiger partial charge in [0.1, 0.15) is 5.75 Å². The molecule has 1 heterocycles. The Kier molecular flexibility index (Phi) is 3.16. The Morgan fingerprint density at radius 1 is 1.00 bits per heavy atom. The van der Waals surface area contributed by atoms with Gasteiger partial charge in [0.2, 0.25) is 0 Å². The van der Waals surface area contributed by atoms with Crippen molar-refractivity contribution in [2.45, 2.75) is 6.36 Å². The number of nitrogens with zero attached hydrogens (tertiary/aromatic N) is 1. The molecule has 0 atom stereocenters. The van der Waals surface area contributed by atoms with Crippen molar-refractivity contribution >= 4 is 17.5 Å². The van der Waals surface area contributed by atoms with Gasteiger partial charge in [0.05, 0.1) is 5.69 Å². The largest absolute Gasteiger partial charge is 0.573 e. The smallest absolute Gasteiger partial charge is 0.406 e. The van der Waals surface area contributed by atoms with E-state index in [-0.39, 0.29) is 5.69 Å². The molecule has 1 aliphatic rings. The number of hydrogen-bond donors (Lipinski definition) is 1. The zero-order chi connectivity index (χ0) is 14.0. The molecule has 1 N–H and O–H groups in total. The van der Waals surface area contributed by atoms with E-state index in [2.05, 4.69) is 10.2 Å². The van der Waals surface area contributed by atoms with Gasteiger partial charge in [-0.1, -0.05) is 0 Å². The van der Waals surface area contributed by atoms with Crippen molar-refractivity contribution in [1.29, 1.82) is 0 Å². The number of nitrogens with one attached hydrogen (secondary N) is 1. The molecule has 0 saturated heterocycles. The molecule has 0 spiro atoms. The molecule has 1 aliphatic heterocycles. The van der Waals surface area contributed by atoms with Gasteiger partial charge >= 0.3 is 6.36 Å². The lowest BCUT2D eigenvalue weighted by Gasteiger charge is -2.16. The summed E-state index contributed by atoms with van der Waals surface area (Å²) < 4.78 is 39.5. The van der Waals surface area contributed by atoms with Gasteiger partial charge in [-0.3, -0.25) is 15.0 Å². The molecule has 0 aliphatic carbocycles. The van der Waals surface area contributed by atoms with Gasteiger partial charge in [0.25, 0.3) is 11.8 Å². The van der Waals surface area contributed by atoms with E-state index in [0.717, 1.165) is 29.3 Å². The Balaban J connectivity index is 2.03. The van der Waals surface area contributed by atoms with E-state index in [1.165, 1.54) is 12.1 Å². The van der Waals surface area contributed by atoms with Gasteiger partial charge in [-0.05, 0) is 24.3 Å². The van der Waals surface area contributed by atoms with Crippen molar-refractivity contribution in [3.8, 4) is 5.75 Å². The minimum absolute atomic E-state index is 0.278. The lowest BCUT2D eigenvalue weighted by molar-refractivity contribution is -0.274. The van der Waals surface area contributed by atoms with Crippen LogP contribution in [0.5, 0.6) is 5.75 Å². The number of halogens is 3. The first-order valence-electron chi connectivity index (χ1n) is 5.04. The molecule has 0 radical (unpaired) electrons. The molecule has 8 heteroatoms. The molecule has 19 heavy (non-hydrogen) atoms. The van der Waals surface area contributed by atoms with Crippen molar-refractivity contribution < 1.29 is 27.5 Å². The number of anilines is 1. The maximum Gasteiger partial charge on any atom is 0.573 e. The number of amides is 2. The molecule has 1 aromatic rings. The fourth-order valence-corrected chi connectivity index (χ4v) is 1.37. The first-order valence-corrected chi connectivity index (χ1v) is 5.04. The van der Waals surface area contributed by atoms with Gasteiger partial charge in [0.15, 0.2) is 0 Å². The summed E-state index contributed by atoms with van der Waals surface area (Å²) >= 11 is 0. The van der Waals surface area contributed by atoms with Gasteiger partial charge in [0, 0.05) is 12.2 Å². The minimum atomic E-state index is -4.76. The molecule has 0 saturated carbocycles. The second-order valence-corrected chi connectivity index (χ2v) is 3.53. The molecule has 100 valence electrons. The summed E-state index contributed by atoms with van der Waals surface area (Å²) in [5.74, 6) is -1.50. The predicted octanol–water partition coefficient (Wildman–Crippen LogP) is 1.84. The van der Waals surface area contributed by atoms with Gasteiger partial charge in [-0.2, -0.15) is 5.01 Å². The van der Waals surface area contributed by atoms with Crippen molar-refractivity contribution in [2.24, 2.45) is 0 Å². The first-order chi connectivity index (χ1) is 8.85. The van der Waals surface area contributed by atoms with Gasteiger partial charge < -0.3 is 4.74 Å². The fourth-order valence-electron chi connectivity index (χ4n) is 1.37. The van der Waals surface area contributed by atoms with Crippen LogP contribution in [0.3, 0.4) is 0 Å². The average molecular weight is 272 g/mol. The van der Waals surface area contributed by atoms with Crippen LogP contribution in [-0.4, -0.2) is 23.2 Å². The summed E-state index contributed by atoms with van der Waals surface area (Å²) in [6.45, 7) is 0. The van der Waals surface area contributed by atoms with E-state index in [1.54, 1.807) is 0 Å². The summed E-state index contributed by atoms with van der Waals surface area (Å²) in [6, 6.07) is 4.63. The van der Waals surface area contributed by atoms with E-state index in [9.17, 15) is 22.8 Å². The molecular weight excluding hydrogens is 265 g/mol. The molecule has 0 fully saturated rings. The second-order valence-electron chi connectivity index (χ2n) is 3.53. The molecule has 2 amide bonds. The topological polar surface area (TPSA) is 58.6 Å². The van der Waals surface area contributed by atoms with E-state index in [0.29, 0.717) is 0 Å². The highest BCUT2D eigenvalue weighted by molar-refractivity contribution is 6.13. The zero-order valence-electron chi connectivity index (χ0n) is 9.27. The molecular formula is C11H7F3N2O3. The maximum atomic E-state index is 11.9. The number of hydrogen-bond acceptors (Lipinski definition) is 4. The Morgan fingerprint density at radius 2 is 1.53 bits per heavy atom. The molecule has 5 nitrogen and oxygen atoms in total. The molecule has 2 rings (SSSR count). The number of imide groups is 1. The lowest BCUT2D eigenvalue weighted by Crippen LogP contribution is -2.35. The fraction of sp³-hybridized carbons (Fsp3) is 0.0909. The quantitative estimate of drug-likeness (QED) is 0.853. The minimum Gasteiger partial charge on any atom is -0.406 e. The predicted molar refractivity (Wildman–Crippen MR) is 57.7 cm³/mol. The third-order valence-corrected chi connectivity index (χ3v) is 2.14. The molecule has 0 aromatic heterocycles. The van der Waals surface area contributed by atoms with E-state index < -0.39 is 23.9 Å². The number of carbonyl (C=O) groups is 2. The summed E-state index contributed by atoms with van der Waals surface area (Å²) in [4.78, 5) is 22.5. The highest BCUT2D eigenvalue weighted by Gasteiger charge is 2.31. The van der Waals surface area contributed by atoms with Gasteiger partial charge in [-0.25, -0.2) is 0 Å². The van der Waals surface area contributed by atoms with E-state index in [1.807, 2.05) is 0 Å². The Morgan fingerprint density at radius 3 is 2.00 bits per heavy atom. The number of alkyl halides is 3. The number of hydrazine groups is 1. The van der Waals surface area contributed by atoms with Crippen LogP contribution in [0, 0.1) is 0 Å². The second kappa shape index (κ2) is 4.63. The van der Waals surface area contributed by atoms with Crippen LogP contribution in [0.1, 0.15) is 0 Å². The number of ether oxygens (including phenoxy) is 1. The first kappa shape index (κ1) is 12.9. The normalized spacial score (nSPS) is 15.0. The van der Waals surface area contributed by atoms with Crippen LogP contribution >= 0.6 is 0 Å². The van der Waals surface area contributed by atoms with Crippen molar-refractivity contribution in [2.75, 3.05) is 5.43 Å². The Bertz CT molecular complexity index is 519. The summed E-state index contributed by atoms with van der Waals surface area (Å²) in [5, 5.41) is 0.736. The zero-order valence-corrected chi connectivity index (χ0v) is 9.27. The van der Waals surface area contributed by atoms with Crippen LogP contribution in [0.4, 0.5) is 18.9 Å². The summed E-state index contributed by atoms with van der Waals surface area (Å²) in [5.41, 5.74) is 2.74. The Hall–Kier alpha value is -2.51. The van der Waals surface area contributed by atoms with Crippen LogP contribution in [0.25, 0.3) is 0 Å². The number of rotatable bonds is 3. The SMILES string of the molecule is O=C1C=CC(=O)N1Nc1ccc(OC(F)(F)F)cc1. The van der Waals surface area contributed by atoms with Crippen molar-refractivity contribution in [3.05, 3.63) is 36.4 Å². The monoisotopic (exact) mass is 272 g/mol. The highest BCUT2D eigenvalue weighted by Crippen LogP contribution is 2.24. The summed E-state index contributed by atoms with van der Waals surface area (Å²) in [7, 11) is 0. The highest BCUT2D eigenvalue weighted by atomic mass is 19.4. The lowest BCUT2D eigenvalue weighted by atomic mass is 10.3. The molecule has 0 bridgehead atoms. The molecule has 0 unspecified atom stereocenters. The number of carbonyl (C=O) groups excluding carboxylic acids is 2. The third-order valence-electron chi connectivity index (χ3n) is 2.14. The van der Waals surface area contributed by atoms with E-state index >= 15 is 0 Å². The Labute approximate surface area is 105 Å². The average Bonchev–Trinajstić information content (AvgIpc) is 2.61. The summed E-state index contributed by atoms with van der Waals surface area (Å²) in [6.07, 6.45) is -2.60. The van der Waals surface area contributed by atoms with E-state index in [4.69, 9.17) is 0 Å². The standard InChI is InChI=1S/C11H7F3N2O3/c12-11(13,14)19-8-3-1-7(2-4-8)15-16-9(17)5-6-10(16)18/h1-6,15H. The number of benzene rings is 1.